The molecule has 1 fully saturated rings. The van der Waals surface area contributed by atoms with Gasteiger partial charge in [-0.15, -0.1) is 0 Å². The van der Waals surface area contributed by atoms with Crippen LogP contribution < -0.4 is 5.32 Å². The summed E-state index contributed by atoms with van der Waals surface area (Å²) in [4.78, 5) is 2.31. The Morgan fingerprint density at radius 1 is 1.29 bits per heavy atom. The van der Waals surface area contributed by atoms with E-state index in [9.17, 15) is 4.39 Å². The minimum Gasteiger partial charge on any atom is -0.309 e. The van der Waals surface area contributed by atoms with E-state index in [2.05, 4.69) is 31.2 Å². The topological polar surface area (TPSA) is 15.3 Å². The maximum Gasteiger partial charge on any atom is 0.123 e. The zero-order chi connectivity index (χ0) is 15.5. The Hall–Kier alpha value is -0.640. The van der Waals surface area contributed by atoms with Crippen molar-refractivity contribution in [2.24, 2.45) is 0 Å². The molecule has 0 aromatic heterocycles. The summed E-state index contributed by atoms with van der Waals surface area (Å²) in [5, 5.41) is 4.21. The largest absolute Gasteiger partial charge is 0.309 e. The Bertz CT molecular complexity index is 470. The van der Waals surface area contributed by atoms with Crippen molar-refractivity contribution in [2.45, 2.75) is 50.6 Å². The fourth-order valence-electron chi connectivity index (χ4n) is 3.69. The zero-order valence-corrected chi connectivity index (χ0v) is 14.0. The van der Waals surface area contributed by atoms with Gasteiger partial charge < -0.3 is 10.2 Å². The van der Waals surface area contributed by atoms with Crippen molar-refractivity contribution in [2.75, 3.05) is 20.6 Å². The molecular weight excluding hydrogens is 287 g/mol. The van der Waals surface area contributed by atoms with Crippen molar-refractivity contribution < 1.29 is 4.39 Å². The van der Waals surface area contributed by atoms with Gasteiger partial charge in [-0.1, -0.05) is 37.8 Å². The minimum atomic E-state index is -0.220. The van der Waals surface area contributed by atoms with E-state index in [1.807, 2.05) is 0 Å². The third-order valence-corrected chi connectivity index (χ3v) is 5.17. The highest BCUT2D eigenvalue weighted by Gasteiger charge is 2.42. The van der Waals surface area contributed by atoms with Gasteiger partial charge in [0.1, 0.15) is 5.82 Å². The first-order valence-corrected chi connectivity index (χ1v) is 8.25. The number of rotatable bonds is 5. The molecule has 2 nitrogen and oxygen atoms in total. The predicted molar refractivity (Wildman–Crippen MR) is 87.3 cm³/mol. The molecular formula is C17H26ClFN2. The number of nitrogens with zero attached hydrogens (tertiary/aromatic N) is 1. The highest BCUT2D eigenvalue weighted by atomic mass is 35.5. The second-order valence-electron chi connectivity index (χ2n) is 6.22. The Kier molecular flexibility index (Phi) is 5.64. The van der Waals surface area contributed by atoms with Crippen LogP contribution in [0.25, 0.3) is 0 Å². The summed E-state index contributed by atoms with van der Waals surface area (Å²) >= 11 is 6.39. The molecule has 0 amide bonds. The van der Waals surface area contributed by atoms with Gasteiger partial charge in [0.05, 0.1) is 6.04 Å². The maximum absolute atomic E-state index is 13.7. The molecule has 1 aromatic carbocycles. The lowest BCUT2D eigenvalue weighted by molar-refractivity contribution is 0.0569. The monoisotopic (exact) mass is 312 g/mol. The SMILES string of the molecule is CCNC(c1cc(F)ccc1Cl)C1(N(C)C)CCCCC1. The molecule has 4 heteroatoms. The Morgan fingerprint density at radius 3 is 2.52 bits per heavy atom. The summed E-state index contributed by atoms with van der Waals surface area (Å²) in [5.41, 5.74) is 0.889. The lowest BCUT2D eigenvalue weighted by atomic mass is 9.73. The first-order valence-electron chi connectivity index (χ1n) is 7.87. The molecule has 1 unspecified atom stereocenters. The number of halogens is 2. The highest BCUT2D eigenvalue weighted by molar-refractivity contribution is 6.31. The Balaban J connectivity index is 2.47. The molecule has 0 heterocycles. The van der Waals surface area contributed by atoms with Gasteiger partial charge in [0.25, 0.3) is 0 Å². The van der Waals surface area contributed by atoms with E-state index < -0.39 is 0 Å². The van der Waals surface area contributed by atoms with Crippen LogP contribution in [-0.2, 0) is 0 Å². The highest BCUT2D eigenvalue weighted by Crippen LogP contribution is 2.43. The molecule has 0 radical (unpaired) electrons. The van der Waals surface area contributed by atoms with Gasteiger partial charge >= 0.3 is 0 Å². The average molecular weight is 313 g/mol. The van der Waals surface area contributed by atoms with Crippen LogP contribution in [0.4, 0.5) is 4.39 Å². The van der Waals surface area contributed by atoms with Crippen LogP contribution in [0.5, 0.6) is 0 Å². The lowest BCUT2D eigenvalue weighted by Gasteiger charge is -2.49. The van der Waals surface area contributed by atoms with E-state index in [1.165, 1.54) is 25.3 Å². The molecule has 1 N–H and O–H groups in total. The van der Waals surface area contributed by atoms with Crippen LogP contribution in [0.3, 0.4) is 0 Å². The molecule has 1 atom stereocenters. The van der Waals surface area contributed by atoms with Crippen molar-refractivity contribution in [1.29, 1.82) is 0 Å². The Morgan fingerprint density at radius 2 is 1.95 bits per heavy atom. The molecule has 0 spiro atoms. The maximum atomic E-state index is 13.7. The van der Waals surface area contributed by atoms with Crippen LogP contribution >= 0.6 is 11.6 Å². The van der Waals surface area contributed by atoms with Gasteiger partial charge in [-0.05, 0) is 57.2 Å². The smallest absolute Gasteiger partial charge is 0.123 e. The summed E-state index contributed by atoms with van der Waals surface area (Å²) < 4.78 is 13.7. The van der Waals surface area contributed by atoms with Gasteiger partial charge in [0.2, 0.25) is 0 Å². The summed E-state index contributed by atoms with van der Waals surface area (Å²) in [6, 6.07) is 4.75. The van der Waals surface area contributed by atoms with E-state index in [1.54, 1.807) is 12.1 Å². The first kappa shape index (κ1) is 16.7. The van der Waals surface area contributed by atoms with E-state index >= 15 is 0 Å². The Labute approximate surface area is 132 Å². The first-order chi connectivity index (χ1) is 10.0. The van der Waals surface area contributed by atoms with Gasteiger partial charge in [-0.3, -0.25) is 0 Å². The van der Waals surface area contributed by atoms with Crippen molar-refractivity contribution >= 4 is 11.6 Å². The number of benzene rings is 1. The third kappa shape index (κ3) is 3.41. The number of hydrogen-bond donors (Lipinski definition) is 1. The minimum absolute atomic E-state index is 0.00565. The normalized spacial score (nSPS) is 19.7. The molecule has 1 aromatic rings. The molecule has 0 bridgehead atoms. The van der Waals surface area contributed by atoms with E-state index in [-0.39, 0.29) is 17.4 Å². The summed E-state index contributed by atoms with van der Waals surface area (Å²) in [7, 11) is 4.26. The summed E-state index contributed by atoms with van der Waals surface area (Å²) in [6.07, 6.45) is 5.94. The summed E-state index contributed by atoms with van der Waals surface area (Å²) in [6.45, 7) is 2.93. The van der Waals surface area contributed by atoms with Gasteiger partial charge in [0.15, 0.2) is 0 Å². The van der Waals surface area contributed by atoms with Crippen LogP contribution in [-0.4, -0.2) is 31.1 Å². The second-order valence-corrected chi connectivity index (χ2v) is 6.62. The lowest BCUT2D eigenvalue weighted by Crippen LogP contribution is -2.55. The van der Waals surface area contributed by atoms with Crippen molar-refractivity contribution in [1.82, 2.24) is 10.2 Å². The van der Waals surface area contributed by atoms with Crippen LogP contribution in [0, 0.1) is 5.82 Å². The van der Waals surface area contributed by atoms with E-state index in [4.69, 9.17) is 11.6 Å². The number of likely N-dealkylation sites (N-methyl/N-ethyl adjacent to an activating group) is 2. The predicted octanol–water partition coefficient (Wildman–Crippen LogP) is 4.39. The molecule has 1 saturated carbocycles. The fraction of sp³-hybridized carbons (Fsp3) is 0.647. The van der Waals surface area contributed by atoms with Crippen molar-refractivity contribution in [3.63, 3.8) is 0 Å². The molecule has 1 aliphatic rings. The molecule has 0 saturated heterocycles. The average Bonchev–Trinajstić information content (AvgIpc) is 2.48. The van der Waals surface area contributed by atoms with Crippen LogP contribution in [0.1, 0.15) is 50.6 Å². The molecule has 1 aliphatic carbocycles. The number of hydrogen-bond acceptors (Lipinski definition) is 2. The standard InChI is InChI=1S/C17H26ClFN2/c1-4-20-16(14-12-13(19)8-9-15(14)18)17(21(2)3)10-6-5-7-11-17/h8-9,12,16,20H,4-7,10-11H2,1-3H3. The third-order valence-electron chi connectivity index (χ3n) is 4.82. The van der Waals surface area contributed by atoms with Crippen molar-refractivity contribution in [3.8, 4) is 0 Å². The molecule has 0 aliphatic heterocycles. The second kappa shape index (κ2) is 7.08. The molecule has 21 heavy (non-hydrogen) atoms. The zero-order valence-electron chi connectivity index (χ0n) is 13.3. The van der Waals surface area contributed by atoms with Crippen LogP contribution in [0.15, 0.2) is 18.2 Å². The summed E-state index contributed by atoms with van der Waals surface area (Å²) in [5.74, 6) is -0.220. The molecule has 118 valence electrons. The van der Waals surface area contributed by atoms with E-state index in [0.717, 1.165) is 24.9 Å². The van der Waals surface area contributed by atoms with Crippen molar-refractivity contribution in [3.05, 3.63) is 34.6 Å². The number of nitrogens with one attached hydrogen (secondary N) is 1. The van der Waals surface area contributed by atoms with Gasteiger partial charge in [-0.2, -0.15) is 0 Å². The quantitative estimate of drug-likeness (QED) is 0.867. The van der Waals surface area contributed by atoms with Crippen LogP contribution in [0.2, 0.25) is 5.02 Å². The van der Waals surface area contributed by atoms with Gasteiger partial charge in [0, 0.05) is 10.6 Å². The van der Waals surface area contributed by atoms with Gasteiger partial charge in [-0.25, -0.2) is 4.39 Å². The van der Waals surface area contributed by atoms with E-state index in [0.29, 0.717) is 5.02 Å². The molecule has 2 rings (SSSR count). The fourth-order valence-corrected chi connectivity index (χ4v) is 3.91.